The molecule has 116 valence electrons. The molecule has 0 bridgehead atoms. The Morgan fingerprint density at radius 3 is 1.86 bits per heavy atom. The average molecular weight is 394 g/mol. The number of ether oxygens (including phenoxy) is 2. The third-order valence-corrected chi connectivity index (χ3v) is 4.44. The topological polar surface area (TPSA) is 52.6 Å². The van der Waals surface area contributed by atoms with Crippen molar-refractivity contribution in [2.24, 2.45) is 0 Å². The summed E-state index contributed by atoms with van der Waals surface area (Å²) in [5.74, 6) is -1.23. The highest BCUT2D eigenvalue weighted by Crippen LogP contribution is 2.48. The summed E-state index contributed by atoms with van der Waals surface area (Å²) < 4.78 is 9.82. The van der Waals surface area contributed by atoms with E-state index in [0.29, 0.717) is 0 Å². The normalized spacial score (nSPS) is 10.4. The van der Waals surface area contributed by atoms with E-state index in [4.69, 9.17) is 62.7 Å². The van der Waals surface area contributed by atoms with Gasteiger partial charge in [0.25, 0.3) is 0 Å². The minimum atomic E-state index is -0.643. The van der Waals surface area contributed by atoms with Crippen molar-refractivity contribution in [3.63, 3.8) is 0 Å². The first-order valence-electron chi connectivity index (χ1n) is 5.61. The van der Waals surface area contributed by atoms with Crippen LogP contribution in [0.1, 0.15) is 13.3 Å². The SMILES string of the molecule is CCOC(=O)CC(=O)COc1c(Cl)c(Cl)c(Cl)c(Cl)c1Cl. The maximum absolute atomic E-state index is 11.6. The minimum absolute atomic E-state index is 0.0152. The lowest BCUT2D eigenvalue weighted by atomic mass is 10.3. The Kier molecular flexibility index (Phi) is 7.37. The molecule has 4 nitrogen and oxygen atoms in total. The van der Waals surface area contributed by atoms with Crippen LogP contribution in [-0.2, 0) is 14.3 Å². The number of rotatable bonds is 6. The summed E-state index contributed by atoms with van der Waals surface area (Å²) in [5.41, 5.74) is 0. The fourth-order valence-electron chi connectivity index (χ4n) is 1.29. The number of benzene rings is 1. The first kappa shape index (κ1) is 18.7. The zero-order chi connectivity index (χ0) is 16.2. The predicted octanol–water partition coefficient (Wildman–Crippen LogP) is 4.85. The van der Waals surface area contributed by atoms with Crippen molar-refractivity contribution in [2.45, 2.75) is 13.3 Å². The average Bonchev–Trinajstić information content (AvgIpc) is 2.43. The van der Waals surface area contributed by atoms with Gasteiger partial charge in [-0.25, -0.2) is 0 Å². The van der Waals surface area contributed by atoms with Gasteiger partial charge in [-0.05, 0) is 6.92 Å². The second-order valence-electron chi connectivity index (χ2n) is 3.71. The summed E-state index contributed by atoms with van der Waals surface area (Å²) in [5, 5.41) is -0.236. The zero-order valence-corrected chi connectivity index (χ0v) is 14.4. The first-order chi connectivity index (χ1) is 9.79. The van der Waals surface area contributed by atoms with Crippen LogP contribution in [0.25, 0.3) is 0 Å². The van der Waals surface area contributed by atoms with Crippen LogP contribution in [0.15, 0.2) is 0 Å². The number of Topliss-reactive ketones (excluding diaryl/α,β-unsaturated/α-hetero) is 1. The molecule has 9 heteroatoms. The van der Waals surface area contributed by atoms with Crippen LogP contribution in [0.4, 0.5) is 0 Å². The van der Waals surface area contributed by atoms with Crippen LogP contribution in [0.5, 0.6) is 5.75 Å². The molecule has 0 aliphatic rings. The van der Waals surface area contributed by atoms with Gasteiger partial charge in [0.15, 0.2) is 11.5 Å². The summed E-state index contributed by atoms with van der Waals surface area (Å²) >= 11 is 29.4. The van der Waals surface area contributed by atoms with Gasteiger partial charge in [-0.3, -0.25) is 9.59 Å². The summed E-state index contributed by atoms with van der Waals surface area (Å²) in [4.78, 5) is 22.7. The van der Waals surface area contributed by atoms with Crippen LogP contribution in [0.2, 0.25) is 25.1 Å². The van der Waals surface area contributed by atoms with E-state index >= 15 is 0 Å². The van der Waals surface area contributed by atoms with E-state index in [1.54, 1.807) is 6.92 Å². The molecule has 0 fully saturated rings. The molecule has 0 atom stereocenters. The van der Waals surface area contributed by atoms with Crippen molar-refractivity contribution in [3.05, 3.63) is 25.1 Å². The van der Waals surface area contributed by atoms with Gasteiger partial charge in [0, 0.05) is 0 Å². The van der Waals surface area contributed by atoms with Crippen LogP contribution in [0, 0.1) is 0 Å². The van der Waals surface area contributed by atoms with Crippen LogP contribution in [-0.4, -0.2) is 25.0 Å². The minimum Gasteiger partial charge on any atom is -0.483 e. The molecule has 0 unspecified atom stereocenters. The lowest BCUT2D eigenvalue weighted by Crippen LogP contribution is -2.17. The first-order valence-corrected chi connectivity index (χ1v) is 7.50. The second kappa shape index (κ2) is 8.30. The van der Waals surface area contributed by atoms with E-state index in [1.807, 2.05) is 0 Å². The van der Waals surface area contributed by atoms with Gasteiger partial charge in [0.2, 0.25) is 0 Å². The van der Waals surface area contributed by atoms with Gasteiger partial charge in [-0.15, -0.1) is 0 Å². The smallest absolute Gasteiger partial charge is 0.313 e. The molecule has 0 heterocycles. The van der Waals surface area contributed by atoms with Crippen LogP contribution < -0.4 is 4.74 Å². The fraction of sp³-hybridized carbons (Fsp3) is 0.333. The zero-order valence-electron chi connectivity index (χ0n) is 10.6. The molecule has 0 N–H and O–H groups in total. The van der Waals surface area contributed by atoms with Crippen molar-refractivity contribution in [2.75, 3.05) is 13.2 Å². The second-order valence-corrected chi connectivity index (χ2v) is 5.60. The maximum atomic E-state index is 11.6. The van der Waals surface area contributed by atoms with E-state index < -0.39 is 24.8 Å². The van der Waals surface area contributed by atoms with Crippen LogP contribution >= 0.6 is 58.0 Å². The van der Waals surface area contributed by atoms with Gasteiger partial charge in [-0.2, -0.15) is 0 Å². The van der Waals surface area contributed by atoms with Gasteiger partial charge in [-0.1, -0.05) is 58.0 Å². The monoisotopic (exact) mass is 392 g/mol. The number of halogens is 5. The standard InChI is InChI=1S/C12H9Cl5O4/c1-2-20-6(19)3-5(18)4-21-12-10(16)8(14)7(13)9(15)11(12)17/h2-4H2,1H3. The molecule has 0 aliphatic heterocycles. The molecule has 0 aromatic heterocycles. The number of ketones is 1. The molecule has 1 aromatic carbocycles. The highest BCUT2D eigenvalue weighted by molar-refractivity contribution is 6.55. The molecule has 21 heavy (non-hydrogen) atoms. The van der Waals surface area contributed by atoms with Crippen molar-refractivity contribution < 1.29 is 19.1 Å². The Bertz CT molecular complexity index is 544. The molecule has 1 aromatic rings. The molecule has 0 radical (unpaired) electrons. The molecular formula is C12H9Cl5O4. The maximum Gasteiger partial charge on any atom is 0.313 e. The van der Waals surface area contributed by atoms with Gasteiger partial charge in [0.05, 0.1) is 21.7 Å². The predicted molar refractivity (Wildman–Crippen MR) is 83.2 cm³/mol. The Balaban J connectivity index is 2.81. The largest absolute Gasteiger partial charge is 0.483 e. The van der Waals surface area contributed by atoms with Crippen molar-refractivity contribution in [1.29, 1.82) is 0 Å². The number of carbonyl (C=O) groups excluding carboxylic acids is 2. The summed E-state index contributed by atoms with van der Waals surface area (Å²) in [6.45, 7) is 1.38. The van der Waals surface area contributed by atoms with E-state index in [0.717, 1.165) is 0 Å². The van der Waals surface area contributed by atoms with Crippen LogP contribution in [0.3, 0.4) is 0 Å². The summed E-state index contributed by atoms with van der Waals surface area (Å²) in [6, 6.07) is 0. The van der Waals surface area contributed by atoms with Crippen molar-refractivity contribution in [3.8, 4) is 5.75 Å². The van der Waals surface area contributed by atoms with E-state index in [2.05, 4.69) is 4.74 Å². The van der Waals surface area contributed by atoms with E-state index in [9.17, 15) is 9.59 Å². The van der Waals surface area contributed by atoms with Gasteiger partial charge in [0.1, 0.15) is 23.1 Å². The number of esters is 1. The van der Waals surface area contributed by atoms with Gasteiger partial charge < -0.3 is 9.47 Å². The van der Waals surface area contributed by atoms with Gasteiger partial charge >= 0.3 is 5.97 Å². The third kappa shape index (κ3) is 4.80. The lowest BCUT2D eigenvalue weighted by molar-refractivity contribution is -0.145. The Morgan fingerprint density at radius 1 is 0.905 bits per heavy atom. The van der Waals surface area contributed by atoms with E-state index in [-0.39, 0.29) is 37.5 Å². The Labute approximate surface area is 146 Å². The molecule has 0 saturated heterocycles. The lowest BCUT2D eigenvalue weighted by Gasteiger charge is -2.13. The molecule has 0 amide bonds. The Hall–Kier alpha value is -0.390. The molecule has 0 aliphatic carbocycles. The molecular weight excluding hydrogens is 385 g/mol. The van der Waals surface area contributed by atoms with Crippen molar-refractivity contribution in [1.82, 2.24) is 0 Å². The number of hydrogen-bond donors (Lipinski definition) is 0. The number of hydrogen-bond acceptors (Lipinski definition) is 4. The quantitative estimate of drug-likeness (QED) is 0.299. The third-order valence-electron chi connectivity index (χ3n) is 2.19. The number of carbonyl (C=O) groups is 2. The fourth-order valence-corrected chi connectivity index (χ4v) is 2.52. The molecule has 0 saturated carbocycles. The highest BCUT2D eigenvalue weighted by Gasteiger charge is 2.21. The van der Waals surface area contributed by atoms with E-state index in [1.165, 1.54) is 0 Å². The molecule has 0 spiro atoms. The Morgan fingerprint density at radius 2 is 1.38 bits per heavy atom. The molecule has 1 rings (SSSR count). The highest BCUT2D eigenvalue weighted by atomic mass is 35.5. The summed E-state index contributed by atoms with van der Waals surface area (Å²) in [6.07, 6.45) is -0.419. The summed E-state index contributed by atoms with van der Waals surface area (Å²) in [7, 11) is 0. The van der Waals surface area contributed by atoms with Crippen molar-refractivity contribution >= 4 is 69.8 Å².